The summed E-state index contributed by atoms with van der Waals surface area (Å²) in [5.74, 6) is 0.461. The molecule has 4 rings (SSSR count). The lowest BCUT2D eigenvalue weighted by atomic mass is 10.0. The first-order valence-corrected chi connectivity index (χ1v) is 10.9. The third-order valence-electron chi connectivity index (χ3n) is 5.64. The fraction of sp³-hybridized carbons (Fsp3) is 0.455. The maximum absolute atomic E-state index is 11.6. The van der Waals surface area contributed by atoms with E-state index in [-0.39, 0.29) is 11.9 Å². The van der Waals surface area contributed by atoms with E-state index in [0.29, 0.717) is 29.8 Å². The minimum Gasteiger partial charge on any atom is -0.371 e. The molecule has 9 nitrogen and oxygen atoms in total. The first kappa shape index (κ1) is 20.9. The molecule has 0 bridgehead atoms. The van der Waals surface area contributed by atoms with Gasteiger partial charge < -0.3 is 26.6 Å². The van der Waals surface area contributed by atoms with E-state index in [1.165, 1.54) is 6.20 Å². The zero-order valence-electron chi connectivity index (χ0n) is 17.7. The van der Waals surface area contributed by atoms with Crippen LogP contribution in [-0.2, 0) is 4.79 Å². The molecule has 31 heavy (non-hydrogen) atoms. The van der Waals surface area contributed by atoms with Gasteiger partial charge in [-0.2, -0.15) is 4.98 Å². The largest absolute Gasteiger partial charge is 0.371 e. The van der Waals surface area contributed by atoms with Gasteiger partial charge in [-0.25, -0.2) is 4.98 Å². The number of carbonyl (C=O) groups is 2. The van der Waals surface area contributed by atoms with Crippen molar-refractivity contribution < 1.29 is 9.59 Å². The van der Waals surface area contributed by atoms with Gasteiger partial charge in [-0.15, -0.1) is 0 Å². The molecule has 1 aromatic heterocycles. The van der Waals surface area contributed by atoms with Crippen molar-refractivity contribution in [3.8, 4) is 0 Å². The summed E-state index contributed by atoms with van der Waals surface area (Å²) in [6.07, 6.45) is 6.01. The van der Waals surface area contributed by atoms with E-state index in [0.717, 1.165) is 50.1 Å². The van der Waals surface area contributed by atoms with Gasteiger partial charge in [-0.05, 0) is 49.9 Å². The van der Waals surface area contributed by atoms with E-state index in [9.17, 15) is 9.59 Å². The molecule has 5 N–H and O–H groups in total. The number of piperidine rings is 1. The number of nitrogens with zero attached hydrogens (tertiary/aromatic N) is 3. The van der Waals surface area contributed by atoms with Crippen molar-refractivity contribution in [2.45, 2.75) is 51.1 Å². The first-order chi connectivity index (χ1) is 15.0. The van der Waals surface area contributed by atoms with Crippen LogP contribution in [0.2, 0.25) is 0 Å². The molecular weight excluding hydrogens is 394 g/mol. The molecule has 0 radical (unpaired) electrons. The molecule has 9 heteroatoms. The van der Waals surface area contributed by atoms with Gasteiger partial charge >= 0.3 is 0 Å². The Labute approximate surface area is 181 Å². The molecule has 1 aromatic carbocycles. The maximum Gasteiger partial charge on any atom is 0.254 e. The molecule has 2 aliphatic rings. The van der Waals surface area contributed by atoms with Crippen LogP contribution in [0.3, 0.4) is 0 Å². The van der Waals surface area contributed by atoms with Crippen LogP contribution >= 0.6 is 0 Å². The molecule has 0 spiro atoms. The minimum absolute atomic E-state index is 0.121. The highest BCUT2D eigenvalue weighted by atomic mass is 16.2. The molecule has 1 aliphatic heterocycles. The van der Waals surface area contributed by atoms with Gasteiger partial charge in [0.25, 0.3) is 5.91 Å². The van der Waals surface area contributed by atoms with Crippen LogP contribution < -0.4 is 26.6 Å². The van der Waals surface area contributed by atoms with E-state index in [2.05, 4.69) is 43.0 Å². The fourth-order valence-corrected chi connectivity index (χ4v) is 3.65. The summed E-state index contributed by atoms with van der Waals surface area (Å²) in [5, 5.41) is 9.51. The highest BCUT2D eigenvalue weighted by Gasteiger charge is 2.24. The number of nitrogens with one attached hydrogen (secondary N) is 3. The van der Waals surface area contributed by atoms with Gasteiger partial charge in [-0.3, -0.25) is 9.59 Å². The zero-order chi connectivity index (χ0) is 21.8. The fourth-order valence-electron chi connectivity index (χ4n) is 3.65. The summed E-state index contributed by atoms with van der Waals surface area (Å²) in [4.78, 5) is 34.2. The Morgan fingerprint density at radius 3 is 2.42 bits per heavy atom. The molecular formula is C22H29N7O2. The summed E-state index contributed by atoms with van der Waals surface area (Å²) in [7, 11) is 0. The van der Waals surface area contributed by atoms with Crippen molar-refractivity contribution >= 4 is 35.0 Å². The van der Waals surface area contributed by atoms with E-state index >= 15 is 0 Å². The Morgan fingerprint density at radius 2 is 1.81 bits per heavy atom. The molecule has 2 aromatic rings. The standard InChI is InChI=1S/C22H29N7O2/c1-2-19(30)25-16-9-11-29(12-10-16)17-7-5-15(6-8-17)27-22-24-13-18(20(23)31)21(28-22)26-14-3-4-14/h5-8,13-14,16H,2-4,9-12H2,1H3,(H2,23,31)(H,25,30)(H2,24,26,27,28). The average Bonchev–Trinajstić information content (AvgIpc) is 3.59. The van der Waals surface area contributed by atoms with Crippen LogP contribution in [0.4, 0.5) is 23.1 Å². The third-order valence-corrected chi connectivity index (χ3v) is 5.64. The molecule has 0 unspecified atom stereocenters. The number of primary amides is 1. The van der Waals surface area contributed by atoms with Crippen molar-refractivity contribution in [2.75, 3.05) is 28.6 Å². The van der Waals surface area contributed by atoms with Crippen molar-refractivity contribution in [1.82, 2.24) is 15.3 Å². The number of nitrogens with two attached hydrogens (primary N) is 1. The maximum atomic E-state index is 11.6. The van der Waals surface area contributed by atoms with Crippen LogP contribution in [0.15, 0.2) is 30.5 Å². The number of amides is 2. The SMILES string of the molecule is CCC(=O)NC1CCN(c2ccc(Nc3ncc(C(N)=O)c(NC4CC4)n3)cc2)CC1. The second-order valence-corrected chi connectivity index (χ2v) is 8.09. The number of carbonyl (C=O) groups excluding carboxylic acids is 2. The van der Waals surface area contributed by atoms with Gasteiger partial charge in [0.2, 0.25) is 11.9 Å². The smallest absolute Gasteiger partial charge is 0.254 e. The van der Waals surface area contributed by atoms with Crippen LogP contribution in [-0.4, -0.2) is 47.0 Å². The number of hydrogen-bond acceptors (Lipinski definition) is 7. The monoisotopic (exact) mass is 423 g/mol. The second-order valence-electron chi connectivity index (χ2n) is 8.09. The minimum atomic E-state index is -0.544. The second kappa shape index (κ2) is 9.20. The summed E-state index contributed by atoms with van der Waals surface area (Å²) in [6, 6.07) is 8.71. The summed E-state index contributed by atoms with van der Waals surface area (Å²) in [6.45, 7) is 3.70. The average molecular weight is 424 g/mol. The highest BCUT2D eigenvalue weighted by molar-refractivity contribution is 5.97. The Morgan fingerprint density at radius 1 is 1.10 bits per heavy atom. The lowest BCUT2D eigenvalue weighted by Crippen LogP contribution is -2.44. The van der Waals surface area contributed by atoms with Crippen LogP contribution in [0.1, 0.15) is 49.4 Å². The zero-order valence-corrected chi connectivity index (χ0v) is 17.7. The number of rotatable bonds is 8. The van der Waals surface area contributed by atoms with Crippen molar-refractivity contribution in [1.29, 1.82) is 0 Å². The van der Waals surface area contributed by atoms with Crippen LogP contribution in [0.5, 0.6) is 0 Å². The topological polar surface area (TPSA) is 125 Å². The number of aromatic nitrogens is 2. The molecule has 1 saturated carbocycles. The van der Waals surface area contributed by atoms with Crippen molar-refractivity contribution in [2.24, 2.45) is 5.73 Å². The Balaban J connectivity index is 1.37. The number of benzene rings is 1. The predicted octanol–water partition coefficient (Wildman–Crippen LogP) is 2.39. The molecule has 2 fully saturated rings. The quantitative estimate of drug-likeness (QED) is 0.514. The predicted molar refractivity (Wildman–Crippen MR) is 121 cm³/mol. The summed E-state index contributed by atoms with van der Waals surface area (Å²) in [5.41, 5.74) is 7.74. The normalized spacial score (nSPS) is 16.6. The van der Waals surface area contributed by atoms with E-state index in [4.69, 9.17) is 5.73 Å². The number of anilines is 4. The Hall–Kier alpha value is -3.36. The molecule has 2 heterocycles. The Kier molecular flexibility index (Phi) is 6.20. The van der Waals surface area contributed by atoms with Gasteiger partial charge in [0, 0.05) is 49.2 Å². The third kappa shape index (κ3) is 5.42. The van der Waals surface area contributed by atoms with Crippen LogP contribution in [0, 0.1) is 0 Å². The number of hydrogen-bond donors (Lipinski definition) is 4. The van der Waals surface area contributed by atoms with Crippen LogP contribution in [0.25, 0.3) is 0 Å². The van der Waals surface area contributed by atoms with Gasteiger partial charge in [0.05, 0.1) is 5.56 Å². The Bertz CT molecular complexity index is 935. The van der Waals surface area contributed by atoms with Gasteiger partial charge in [-0.1, -0.05) is 6.92 Å². The van der Waals surface area contributed by atoms with E-state index in [1.54, 1.807) is 0 Å². The lowest BCUT2D eigenvalue weighted by molar-refractivity contribution is -0.121. The summed E-state index contributed by atoms with van der Waals surface area (Å²) >= 11 is 0. The molecule has 1 saturated heterocycles. The van der Waals surface area contributed by atoms with Crippen molar-refractivity contribution in [3.05, 3.63) is 36.0 Å². The van der Waals surface area contributed by atoms with Gasteiger partial charge in [0.15, 0.2) is 0 Å². The lowest BCUT2D eigenvalue weighted by Gasteiger charge is -2.34. The van der Waals surface area contributed by atoms with Gasteiger partial charge in [0.1, 0.15) is 5.82 Å². The van der Waals surface area contributed by atoms with Crippen molar-refractivity contribution in [3.63, 3.8) is 0 Å². The first-order valence-electron chi connectivity index (χ1n) is 10.9. The highest BCUT2D eigenvalue weighted by Crippen LogP contribution is 2.27. The molecule has 2 amide bonds. The van der Waals surface area contributed by atoms with E-state index in [1.807, 2.05) is 19.1 Å². The molecule has 0 atom stereocenters. The van der Waals surface area contributed by atoms with E-state index < -0.39 is 5.91 Å². The molecule has 164 valence electrons. The molecule has 1 aliphatic carbocycles. The summed E-state index contributed by atoms with van der Waals surface area (Å²) < 4.78 is 0.